The molecule has 154 valence electrons. The molecule has 5 aromatic rings. The molecular formula is C28H21N3S. The molecule has 0 aliphatic carbocycles. The van der Waals surface area contributed by atoms with Crippen molar-refractivity contribution in [2.75, 3.05) is 0 Å². The topological polar surface area (TPSA) is 38.7 Å². The lowest BCUT2D eigenvalue weighted by Crippen LogP contribution is -2.03. The van der Waals surface area contributed by atoms with Gasteiger partial charge >= 0.3 is 0 Å². The van der Waals surface area contributed by atoms with E-state index in [1.807, 2.05) is 67.6 Å². The molecule has 0 bridgehead atoms. The van der Waals surface area contributed by atoms with Crippen molar-refractivity contribution < 1.29 is 0 Å². The molecule has 0 unspecified atom stereocenters. The van der Waals surface area contributed by atoms with Crippen LogP contribution in [0, 0.1) is 0 Å². The maximum absolute atomic E-state index is 4.85. The SMILES string of the molecule is C=C(c1nc(-c2ccccc2)nc(-c2ccccc2)n1)c1c(/C=C\C)sc2ccccc12. The van der Waals surface area contributed by atoms with Crippen molar-refractivity contribution in [3.05, 3.63) is 114 Å². The molecule has 0 radical (unpaired) electrons. The van der Waals surface area contributed by atoms with Crippen LogP contribution in [0.2, 0.25) is 0 Å². The second-order valence-corrected chi connectivity index (χ2v) is 8.44. The van der Waals surface area contributed by atoms with E-state index in [0.29, 0.717) is 17.5 Å². The first kappa shape index (κ1) is 20.0. The van der Waals surface area contributed by atoms with E-state index in [-0.39, 0.29) is 0 Å². The molecule has 0 aliphatic heterocycles. The maximum Gasteiger partial charge on any atom is 0.164 e. The van der Waals surface area contributed by atoms with Crippen molar-refractivity contribution in [3.63, 3.8) is 0 Å². The molecule has 0 fully saturated rings. The van der Waals surface area contributed by atoms with Crippen LogP contribution in [0.3, 0.4) is 0 Å². The molecule has 0 atom stereocenters. The summed E-state index contributed by atoms with van der Waals surface area (Å²) in [6, 6.07) is 28.4. The average molecular weight is 432 g/mol. The minimum atomic E-state index is 0.590. The molecule has 0 saturated heterocycles. The molecule has 32 heavy (non-hydrogen) atoms. The largest absolute Gasteiger partial charge is 0.208 e. The number of benzene rings is 3. The van der Waals surface area contributed by atoms with Gasteiger partial charge in [0.15, 0.2) is 17.5 Å². The minimum absolute atomic E-state index is 0.590. The number of aromatic nitrogens is 3. The van der Waals surface area contributed by atoms with E-state index >= 15 is 0 Å². The Morgan fingerprint density at radius 1 is 0.750 bits per heavy atom. The van der Waals surface area contributed by atoms with Crippen LogP contribution < -0.4 is 0 Å². The number of nitrogens with zero attached hydrogens (tertiary/aromatic N) is 3. The lowest BCUT2D eigenvalue weighted by molar-refractivity contribution is 1.04. The van der Waals surface area contributed by atoms with Gasteiger partial charge in [-0.3, -0.25) is 0 Å². The predicted molar refractivity (Wildman–Crippen MR) is 135 cm³/mol. The van der Waals surface area contributed by atoms with E-state index in [9.17, 15) is 0 Å². The van der Waals surface area contributed by atoms with Crippen molar-refractivity contribution in [2.45, 2.75) is 6.92 Å². The third-order valence-corrected chi connectivity index (χ3v) is 6.35. The van der Waals surface area contributed by atoms with Gasteiger partial charge in [0.2, 0.25) is 0 Å². The Bertz CT molecular complexity index is 1380. The fourth-order valence-electron chi connectivity index (χ4n) is 3.70. The first-order valence-electron chi connectivity index (χ1n) is 10.5. The molecule has 3 nitrogen and oxygen atoms in total. The number of allylic oxidation sites excluding steroid dienone is 1. The van der Waals surface area contributed by atoms with Crippen LogP contribution in [-0.2, 0) is 0 Å². The highest BCUT2D eigenvalue weighted by atomic mass is 32.1. The van der Waals surface area contributed by atoms with E-state index in [2.05, 4.69) is 43.0 Å². The van der Waals surface area contributed by atoms with Gasteiger partial charge < -0.3 is 0 Å². The van der Waals surface area contributed by atoms with Crippen molar-refractivity contribution in [3.8, 4) is 22.8 Å². The fraction of sp³-hybridized carbons (Fsp3) is 0.0357. The molecule has 0 aliphatic rings. The molecule has 2 aromatic heterocycles. The van der Waals surface area contributed by atoms with Crippen molar-refractivity contribution >= 4 is 33.1 Å². The second kappa shape index (κ2) is 8.69. The quantitative estimate of drug-likeness (QED) is 0.289. The second-order valence-electron chi connectivity index (χ2n) is 7.35. The van der Waals surface area contributed by atoms with E-state index in [0.717, 1.165) is 27.1 Å². The van der Waals surface area contributed by atoms with E-state index in [1.165, 1.54) is 10.1 Å². The van der Waals surface area contributed by atoms with Gasteiger partial charge in [0, 0.05) is 37.2 Å². The third kappa shape index (κ3) is 3.77. The van der Waals surface area contributed by atoms with Gasteiger partial charge in [-0.25, -0.2) is 15.0 Å². The highest BCUT2D eigenvalue weighted by molar-refractivity contribution is 7.20. The van der Waals surface area contributed by atoms with Crippen LogP contribution in [0.5, 0.6) is 0 Å². The highest BCUT2D eigenvalue weighted by Gasteiger charge is 2.19. The summed E-state index contributed by atoms with van der Waals surface area (Å²) in [6.07, 6.45) is 4.18. The van der Waals surface area contributed by atoms with Crippen molar-refractivity contribution in [1.29, 1.82) is 0 Å². The van der Waals surface area contributed by atoms with E-state index in [1.54, 1.807) is 11.3 Å². The number of rotatable bonds is 5. The average Bonchev–Trinajstić information content (AvgIpc) is 3.22. The fourth-order valence-corrected chi connectivity index (χ4v) is 4.90. The third-order valence-electron chi connectivity index (χ3n) is 5.21. The zero-order valence-electron chi connectivity index (χ0n) is 17.7. The molecule has 2 heterocycles. The normalized spacial score (nSPS) is 11.3. The first-order chi connectivity index (χ1) is 15.7. The molecule has 0 saturated carbocycles. The zero-order valence-corrected chi connectivity index (χ0v) is 18.5. The molecule has 0 spiro atoms. The number of hydrogen-bond donors (Lipinski definition) is 0. The lowest BCUT2D eigenvalue weighted by Gasteiger charge is -2.10. The van der Waals surface area contributed by atoms with Crippen LogP contribution in [0.15, 0.2) is 97.6 Å². The van der Waals surface area contributed by atoms with Crippen molar-refractivity contribution in [1.82, 2.24) is 15.0 Å². The summed E-state index contributed by atoms with van der Waals surface area (Å²) in [6.45, 7) is 6.48. The standard InChI is InChI=1S/C28H21N3S/c1-3-12-24-25(22-17-10-11-18-23(22)32-24)19(2)26-29-27(20-13-6-4-7-14-20)31-28(30-26)21-15-8-5-9-16-21/h3-18H,2H2,1H3/b12-3-. The van der Waals surface area contributed by atoms with Gasteiger partial charge in [-0.05, 0) is 19.1 Å². The van der Waals surface area contributed by atoms with Crippen LogP contribution in [0.25, 0.3) is 44.5 Å². The first-order valence-corrected chi connectivity index (χ1v) is 11.3. The zero-order chi connectivity index (χ0) is 21.9. The predicted octanol–water partition coefficient (Wildman–Crippen LogP) is 7.51. The Morgan fingerprint density at radius 2 is 1.31 bits per heavy atom. The van der Waals surface area contributed by atoms with E-state index < -0.39 is 0 Å². The van der Waals surface area contributed by atoms with Gasteiger partial charge in [0.25, 0.3) is 0 Å². The Morgan fingerprint density at radius 3 is 1.91 bits per heavy atom. The van der Waals surface area contributed by atoms with Gasteiger partial charge in [0.1, 0.15) is 0 Å². The summed E-state index contributed by atoms with van der Waals surface area (Å²) in [5.74, 6) is 1.87. The summed E-state index contributed by atoms with van der Waals surface area (Å²) in [5, 5.41) is 1.17. The Balaban J connectivity index is 1.72. The van der Waals surface area contributed by atoms with Crippen LogP contribution in [0.4, 0.5) is 0 Å². The monoisotopic (exact) mass is 431 g/mol. The van der Waals surface area contributed by atoms with Crippen LogP contribution in [-0.4, -0.2) is 15.0 Å². The molecule has 0 N–H and O–H groups in total. The van der Waals surface area contributed by atoms with Gasteiger partial charge in [0.05, 0.1) is 0 Å². The summed E-state index contributed by atoms with van der Waals surface area (Å²) in [7, 11) is 0. The number of hydrogen-bond acceptors (Lipinski definition) is 4. The van der Waals surface area contributed by atoms with Crippen molar-refractivity contribution in [2.24, 2.45) is 0 Å². The molecule has 4 heteroatoms. The minimum Gasteiger partial charge on any atom is -0.208 e. The molecular weight excluding hydrogens is 410 g/mol. The Labute approximate surface area is 191 Å². The molecule has 0 amide bonds. The maximum atomic E-state index is 4.85. The van der Waals surface area contributed by atoms with Gasteiger partial charge in [-0.1, -0.05) is 91.5 Å². The highest BCUT2D eigenvalue weighted by Crippen LogP contribution is 2.38. The Hall–Kier alpha value is -3.89. The van der Waals surface area contributed by atoms with Crippen LogP contribution in [0.1, 0.15) is 23.2 Å². The molecule has 5 rings (SSSR count). The van der Waals surface area contributed by atoms with Gasteiger partial charge in [-0.2, -0.15) is 0 Å². The number of fused-ring (bicyclic) bond motifs is 1. The summed E-state index contributed by atoms with van der Waals surface area (Å²) < 4.78 is 1.22. The van der Waals surface area contributed by atoms with Crippen LogP contribution >= 0.6 is 11.3 Å². The summed E-state index contributed by atoms with van der Waals surface area (Å²) >= 11 is 1.75. The van der Waals surface area contributed by atoms with E-state index in [4.69, 9.17) is 15.0 Å². The lowest BCUT2D eigenvalue weighted by atomic mass is 10.0. The summed E-state index contributed by atoms with van der Waals surface area (Å²) in [5.41, 5.74) is 3.77. The molecule has 3 aromatic carbocycles. The van der Waals surface area contributed by atoms with Gasteiger partial charge in [-0.15, -0.1) is 11.3 Å². The smallest absolute Gasteiger partial charge is 0.164 e. The Kier molecular flexibility index (Phi) is 5.44. The number of thiophene rings is 1. The summed E-state index contributed by atoms with van der Waals surface area (Å²) in [4.78, 5) is 15.6.